The van der Waals surface area contributed by atoms with E-state index in [0.29, 0.717) is 24.0 Å². The first kappa shape index (κ1) is 15.7. The molecule has 1 N–H and O–H groups in total. The SMILES string of the molecule is Cc1ccc2c(ccn2CCC(=O)Nc2nnc(C(C)C)s2)c1. The maximum atomic E-state index is 12.1. The molecule has 0 spiro atoms. The van der Waals surface area contributed by atoms with E-state index in [9.17, 15) is 4.79 Å². The molecule has 0 radical (unpaired) electrons. The second kappa shape index (κ2) is 6.50. The van der Waals surface area contributed by atoms with Gasteiger partial charge in [0.1, 0.15) is 5.01 Å². The Hall–Kier alpha value is -2.21. The summed E-state index contributed by atoms with van der Waals surface area (Å²) >= 11 is 1.44. The van der Waals surface area contributed by atoms with Crippen molar-refractivity contribution in [1.82, 2.24) is 14.8 Å². The Morgan fingerprint density at radius 1 is 1.30 bits per heavy atom. The minimum atomic E-state index is -0.0367. The van der Waals surface area contributed by atoms with Crippen LogP contribution in [0.15, 0.2) is 30.5 Å². The molecule has 1 amide bonds. The average Bonchev–Trinajstić information content (AvgIpc) is 3.11. The molecule has 0 bridgehead atoms. The monoisotopic (exact) mass is 328 g/mol. The van der Waals surface area contributed by atoms with E-state index in [4.69, 9.17) is 0 Å². The Bertz CT molecular complexity index is 834. The predicted octanol–water partition coefficient (Wildman–Crippen LogP) is 3.95. The number of carbonyl (C=O) groups is 1. The molecule has 0 saturated heterocycles. The number of hydrogen-bond acceptors (Lipinski definition) is 4. The maximum absolute atomic E-state index is 12.1. The molecule has 0 fully saturated rings. The second-order valence-electron chi connectivity index (χ2n) is 5.97. The van der Waals surface area contributed by atoms with Gasteiger partial charge in [-0.15, -0.1) is 10.2 Å². The van der Waals surface area contributed by atoms with Crippen LogP contribution < -0.4 is 5.32 Å². The van der Waals surface area contributed by atoms with Crippen molar-refractivity contribution in [3.8, 4) is 0 Å². The van der Waals surface area contributed by atoms with Crippen molar-refractivity contribution < 1.29 is 4.79 Å². The van der Waals surface area contributed by atoms with E-state index < -0.39 is 0 Å². The van der Waals surface area contributed by atoms with Crippen molar-refractivity contribution in [2.45, 2.75) is 39.7 Å². The fourth-order valence-corrected chi connectivity index (χ4v) is 3.20. The van der Waals surface area contributed by atoms with Crippen LogP contribution in [0, 0.1) is 6.92 Å². The first-order valence-corrected chi connectivity index (χ1v) is 8.53. The fraction of sp³-hybridized carbons (Fsp3) is 0.353. The lowest BCUT2D eigenvalue weighted by molar-refractivity contribution is -0.116. The molecule has 5 nitrogen and oxygen atoms in total. The molecule has 23 heavy (non-hydrogen) atoms. The van der Waals surface area contributed by atoms with Gasteiger partial charge in [-0.25, -0.2) is 0 Å². The molecule has 0 atom stereocenters. The van der Waals surface area contributed by atoms with E-state index in [1.165, 1.54) is 22.3 Å². The summed E-state index contributed by atoms with van der Waals surface area (Å²) in [6.45, 7) is 6.85. The topological polar surface area (TPSA) is 59.8 Å². The van der Waals surface area contributed by atoms with Crippen LogP contribution >= 0.6 is 11.3 Å². The van der Waals surface area contributed by atoms with Crippen LogP contribution in [0.5, 0.6) is 0 Å². The molecule has 0 aliphatic carbocycles. The number of nitrogens with zero attached hydrogens (tertiary/aromatic N) is 3. The van der Waals surface area contributed by atoms with Gasteiger partial charge in [-0.05, 0) is 30.5 Å². The van der Waals surface area contributed by atoms with Gasteiger partial charge in [0, 0.05) is 30.6 Å². The van der Waals surface area contributed by atoms with Crippen molar-refractivity contribution in [1.29, 1.82) is 0 Å². The number of fused-ring (bicyclic) bond motifs is 1. The molecule has 3 rings (SSSR count). The van der Waals surface area contributed by atoms with Gasteiger partial charge >= 0.3 is 0 Å². The van der Waals surface area contributed by atoms with Crippen LogP contribution in [0.25, 0.3) is 10.9 Å². The van der Waals surface area contributed by atoms with Crippen LogP contribution in [0.2, 0.25) is 0 Å². The highest BCUT2D eigenvalue weighted by molar-refractivity contribution is 7.15. The predicted molar refractivity (Wildman–Crippen MR) is 93.9 cm³/mol. The van der Waals surface area contributed by atoms with E-state index in [0.717, 1.165) is 10.5 Å². The van der Waals surface area contributed by atoms with Crippen molar-refractivity contribution in [2.75, 3.05) is 5.32 Å². The number of amides is 1. The lowest BCUT2D eigenvalue weighted by atomic mass is 10.2. The summed E-state index contributed by atoms with van der Waals surface area (Å²) in [6.07, 6.45) is 2.44. The molecule has 0 aliphatic rings. The lowest BCUT2D eigenvalue weighted by Gasteiger charge is -2.05. The lowest BCUT2D eigenvalue weighted by Crippen LogP contribution is -2.14. The van der Waals surface area contributed by atoms with E-state index in [2.05, 4.69) is 65.1 Å². The number of hydrogen-bond donors (Lipinski definition) is 1. The summed E-state index contributed by atoms with van der Waals surface area (Å²) in [5, 5.41) is 13.6. The number of rotatable bonds is 5. The smallest absolute Gasteiger partial charge is 0.227 e. The van der Waals surface area contributed by atoms with Crippen LogP contribution in [0.4, 0.5) is 5.13 Å². The van der Waals surface area contributed by atoms with Crippen LogP contribution in [0.1, 0.15) is 36.8 Å². The Balaban J connectivity index is 1.61. The number of aryl methyl sites for hydroxylation is 2. The molecule has 0 aliphatic heterocycles. The molecule has 120 valence electrons. The minimum Gasteiger partial charge on any atom is -0.347 e. The first-order valence-electron chi connectivity index (χ1n) is 7.71. The fourth-order valence-electron chi connectivity index (χ4n) is 2.44. The van der Waals surface area contributed by atoms with Crippen molar-refractivity contribution in [3.63, 3.8) is 0 Å². The van der Waals surface area contributed by atoms with Gasteiger partial charge in [-0.1, -0.05) is 36.8 Å². The number of anilines is 1. The zero-order chi connectivity index (χ0) is 16.4. The summed E-state index contributed by atoms with van der Waals surface area (Å²) in [7, 11) is 0. The average molecular weight is 328 g/mol. The first-order chi connectivity index (χ1) is 11.0. The van der Waals surface area contributed by atoms with Crippen LogP contribution in [-0.2, 0) is 11.3 Å². The summed E-state index contributed by atoms with van der Waals surface area (Å²) in [5.74, 6) is 0.290. The van der Waals surface area contributed by atoms with Crippen molar-refractivity contribution in [3.05, 3.63) is 41.0 Å². The van der Waals surface area contributed by atoms with Crippen LogP contribution in [0.3, 0.4) is 0 Å². The molecular formula is C17H20N4OS. The molecule has 6 heteroatoms. The molecule has 1 aromatic carbocycles. The summed E-state index contributed by atoms with van der Waals surface area (Å²) < 4.78 is 2.11. The van der Waals surface area contributed by atoms with Gasteiger partial charge < -0.3 is 9.88 Å². The van der Waals surface area contributed by atoms with E-state index >= 15 is 0 Å². The molecular weight excluding hydrogens is 308 g/mol. The highest BCUT2D eigenvalue weighted by Crippen LogP contribution is 2.22. The van der Waals surface area contributed by atoms with E-state index in [1.54, 1.807) is 0 Å². The zero-order valence-corrected chi connectivity index (χ0v) is 14.4. The highest BCUT2D eigenvalue weighted by atomic mass is 32.1. The van der Waals surface area contributed by atoms with Gasteiger partial charge in [-0.2, -0.15) is 0 Å². The Morgan fingerprint density at radius 2 is 2.13 bits per heavy atom. The van der Waals surface area contributed by atoms with Gasteiger partial charge in [0.2, 0.25) is 11.0 Å². The molecule has 0 unspecified atom stereocenters. The van der Waals surface area contributed by atoms with Crippen LogP contribution in [-0.4, -0.2) is 20.7 Å². The number of benzene rings is 1. The second-order valence-corrected chi connectivity index (χ2v) is 6.98. The number of aromatic nitrogens is 3. The maximum Gasteiger partial charge on any atom is 0.227 e. The molecule has 2 aromatic heterocycles. The summed E-state index contributed by atoms with van der Waals surface area (Å²) in [5.41, 5.74) is 2.40. The van der Waals surface area contributed by atoms with Crippen molar-refractivity contribution >= 4 is 33.3 Å². The third kappa shape index (κ3) is 3.59. The summed E-state index contributed by atoms with van der Waals surface area (Å²) in [4.78, 5) is 12.1. The number of carbonyl (C=O) groups excluding carboxylic acids is 1. The largest absolute Gasteiger partial charge is 0.347 e. The summed E-state index contributed by atoms with van der Waals surface area (Å²) in [6, 6.07) is 8.43. The number of nitrogens with one attached hydrogen (secondary N) is 1. The standard InChI is InChI=1S/C17H20N4OS/c1-11(2)16-19-20-17(23-16)18-15(22)7-9-21-8-6-13-10-12(3)4-5-14(13)21/h4-6,8,10-11H,7,9H2,1-3H3,(H,18,20,22). The molecule has 3 aromatic rings. The Morgan fingerprint density at radius 3 is 2.87 bits per heavy atom. The van der Waals surface area contributed by atoms with Gasteiger partial charge in [0.25, 0.3) is 0 Å². The zero-order valence-electron chi connectivity index (χ0n) is 13.5. The minimum absolute atomic E-state index is 0.0367. The molecule has 2 heterocycles. The van der Waals surface area contributed by atoms with Crippen molar-refractivity contribution in [2.24, 2.45) is 0 Å². The van der Waals surface area contributed by atoms with E-state index in [-0.39, 0.29) is 5.91 Å². The van der Waals surface area contributed by atoms with Gasteiger partial charge in [-0.3, -0.25) is 4.79 Å². The van der Waals surface area contributed by atoms with Gasteiger partial charge in [0.15, 0.2) is 0 Å². The third-order valence-electron chi connectivity index (χ3n) is 3.69. The quantitative estimate of drug-likeness (QED) is 0.771. The normalized spacial score (nSPS) is 11.3. The highest BCUT2D eigenvalue weighted by Gasteiger charge is 2.11. The third-order valence-corrected chi connectivity index (χ3v) is 4.83. The van der Waals surface area contributed by atoms with E-state index in [1.807, 2.05) is 6.20 Å². The Kier molecular flexibility index (Phi) is 4.43. The molecule has 0 saturated carbocycles. The van der Waals surface area contributed by atoms with Gasteiger partial charge in [0.05, 0.1) is 0 Å². The Labute approximate surface area is 139 Å².